The standard InChI is InChI=1S/C20H23F3N6O3S/c1-8-13(18-28-14-9(2)24-4-3-12(14)33-18)17(29-19(26-8)25-7-20(21,22)23)27-11-5-10(6-30)15(31)16(11)32/h3-4,10-11,15-16,30-32H,5-7H2,1-2H3,(H2,25,26,27,29)/t10-,11-,15-,16+/m1/s1. The third kappa shape index (κ3) is 4.86. The summed E-state index contributed by atoms with van der Waals surface area (Å²) in [6.45, 7) is 1.83. The summed E-state index contributed by atoms with van der Waals surface area (Å²) in [5.74, 6) is -0.601. The van der Waals surface area contributed by atoms with Gasteiger partial charge in [-0.3, -0.25) is 4.98 Å². The molecule has 1 aliphatic rings. The van der Waals surface area contributed by atoms with Crippen molar-refractivity contribution < 1.29 is 28.5 Å². The number of aliphatic hydroxyl groups is 3. The number of rotatable bonds is 6. The van der Waals surface area contributed by atoms with Gasteiger partial charge >= 0.3 is 6.18 Å². The van der Waals surface area contributed by atoms with Crippen LogP contribution in [-0.2, 0) is 0 Å². The first-order valence-electron chi connectivity index (χ1n) is 10.2. The van der Waals surface area contributed by atoms with Crippen LogP contribution in [0, 0.1) is 19.8 Å². The number of aromatic nitrogens is 4. The predicted molar refractivity (Wildman–Crippen MR) is 117 cm³/mol. The zero-order valence-corrected chi connectivity index (χ0v) is 18.6. The number of halogens is 3. The normalized spacial score (nSPS) is 23.3. The number of alkyl halides is 3. The quantitative estimate of drug-likeness (QED) is 0.357. The number of anilines is 2. The van der Waals surface area contributed by atoms with Crippen LogP contribution in [0.25, 0.3) is 20.8 Å². The SMILES string of the molecule is Cc1nc(NCC(F)(F)F)nc(N[C@@H]2C[C@H](CO)[C@@H](O)[C@H]2O)c1-c1nc2c(C)nccc2s1. The molecule has 9 nitrogen and oxygen atoms in total. The summed E-state index contributed by atoms with van der Waals surface area (Å²) in [5.41, 5.74) is 2.28. The Morgan fingerprint density at radius 3 is 2.52 bits per heavy atom. The van der Waals surface area contributed by atoms with Crippen LogP contribution in [0.15, 0.2) is 12.3 Å². The van der Waals surface area contributed by atoms with Crippen LogP contribution in [0.2, 0.25) is 0 Å². The molecule has 33 heavy (non-hydrogen) atoms. The molecule has 0 aliphatic heterocycles. The molecule has 4 atom stereocenters. The summed E-state index contributed by atoms with van der Waals surface area (Å²) < 4.78 is 39.0. The van der Waals surface area contributed by atoms with Gasteiger partial charge in [0.2, 0.25) is 5.95 Å². The summed E-state index contributed by atoms with van der Waals surface area (Å²) in [4.78, 5) is 17.3. The molecule has 3 aromatic rings. The minimum atomic E-state index is -4.46. The number of fused-ring (bicyclic) bond motifs is 1. The first-order chi connectivity index (χ1) is 15.6. The highest BCUT2D eigenvalue weighted by atomic mass is 32.1. The Morgan fingerprint density at radius 1 is 1.12 bits per heavy atom. The van der Waals surface area contributed by atoms with Crippen molar-refractivity contribution in [1.29, 1.82) is 0 Å². The van der Waals surface area contributed by atoms with Gasteiger partial charge < -0.3 is 26.0 Å². The molecule has 3 aromatic heterocycles. The fraction of sp³-hybridized carbons (Fsp3) is 0.500. The van der Waals surface area contributed by atoms with Crippen LogP contribution in [-0.4, -0.2) is 72.8 Å². The highest BCUT2D eigenvalue weighted by Gasteiger charge is 2.41. The number of thiazole rings is 1. The second-order valence-corrected chi connectivity index (χ2v) is 9.03. The maximum Gasteiger partial charge on any atom is 0.405 e. The lowest BCUT2D eigenvalue weighted by Gasteiger charge is -2.21. The van der Waals surface area contributed by atoms with Crippen molar-refractivity contribution in [1.82, 2.24) is 19.9 Å². The highest BCUT2D eigenvalue weighted by Crippen LogP contribution is 2.38. The van der Waals surface area contributed by atoms with Gasteiger partial charge in [0, 0.05) is 18.7 Å². The molecule has 1 aliphatic carbocycles. The number of nitrogens with zero attached hydrogens (tertiary/aromatic N) is 4. The molecule has 0 saturated heterocycles. The van der Waals surface area contributed by atoms with E-state index in [9.17, 15) is 28.5 Å². The molecule has 13 heteroatoms. The Hall–Kier alpha value is -2.61. The fourth-order valence-corrected chi connectivity index (χ4v) is 5.02. The first kappa shape index (κ1) is 23.5. The average molecular weight is 485 g/mol. The molecule has 4 rings (SSSR count). The van der Waals surface area contributed by atoms with Gasteiger partial charge in [-0.1, -0.05) is 0 Å². The van der Waals surface area contributed by atoms with E-state index in [1.54, 1.807) is 13.1 Å². The third-order valence-corrected chi connectivity index (χ3v) is 6.64. The Kier molecular flexibility index (Phi) is 6.40. The Bertz CT molecular complexity index is 1160. The molecule has 3 heterocycles. The lowest BCUT2D eigenvalue weighted by atomic mass is 10.1. The fourth-order valence-electron chi connectivity index (χ4n) is 3.91. The van der Waals surface area contributed by atoms with Gasteiger partial charge in [0.1, 0.15) is 29.0 Å². The van der Waals surface area contributed by atoms with Gasteiger partial charge in [-0.25, -0.2) is 9.97 Å². The summed E-state index contributed by atoms with van der Waals surface area (Å²) in [6.07, 6.45) is -4.88. The van der Waals surface area contributed by atoms with Crippen molar-refractivity contribution in [3.8, 4) is 10.6 Å². The molecular weight excluding hydrogens is 461 g/mol. The van der Waals surface area contributed by atoms with Gasteiger partial charge in [0.05, 0.1) is 33.8 Å². The van der Waals surface area contributed by atoms with Crippen molar-refractivity contribution >= 4 is 33.3 Å². The molecule has 1 fully saturated rings. The van der Waals surface area contributed by atoms with Crippen LogP contribution >= 0.6 is 11.3 Å². The van der Waals surface area contributed by atoms with Gasteiger partial charge in [0.15, 0.2) is 0 Å². The number of hydrogen-bond donors (Lipinski definition) is 5. The molecule has 1 saturated carbocycles. The molecule has 178 valence electrons. The summed E-state index contributed by atoms with van der Waals surface area (Å²) in [6, 6.07) is 1.13. The zero-order valence-electron chi connectivity index (χ0n) is 17.8. The Morgan fingerprint density at radius 2 is 1.88 bits per heavy atom. The average Bonchev–Trinajstić information content (AvgIpc) is 3.29. The van der Waals surface area contributed by atoms with Gasteiger partial charge in [0.25, 0.3) is 0 Å². The van der Waals surface area contributed by atoms with Crippen molar-refractivity contribution in [2.24, 2.45) is 5.92 Å². The van der Waals surface area contributed by atoms with Crippen LogP contribution in [0.5, 0.6) is 0 Å². The molecule has 0 spiro atoms. The summed E-state index contributed by atoms with van der Waals surface area (Å²) in [5, 5.41) is 35.8. The van der Waals surface area contributed by atoms with E-state index in [0.29, 0.717) is 21.8 Å². The molecule has 0 bridgehead atoms. The van der Waals surface area contributed by atoms with Crippen LogP contribution in [0.3, 0.4) is 0 Å². The van der Waals surface area contributed by atoms with Crippen molar-refractivity contribution in [2.45, 2.75) is 44.7 Å². The molecule has 0 radical (unpaired) electrons. The topological polar surface area (TPSA) is 136 Å². The lowest BCUT2D eigenvalue weighted by Crippen LogP contribution is -2.36. The van der Waals surface area contributed by atoms with Crippen LogP contribution in [0.1, 0.15) is 17.8 Å². The largest absolute Gasteiger partial charge is 0.405 e. The zero-order chi connectivity index (χ0) is 23.9. The Labute approximate surface area is 190 Å². The molecular formula is C20H23F3N6O3S. The van der Waals surface area contributed by atoms with Gasteiger partial charge in [-0.15, -0.1) is 11.3 Å². The summed E-state index contributed by atoms with van der Waals surface area (Å²) in [7, 11) is 0. The van der Waals surface area contributed by atoms with Crippen molar-refractivity contribution in [2.75, 3.05) is 23.8 Å². The molecule has 0 aromatic carbocycles. The number of pyridine rings is 1. The highest BCUT2D eigenvalue weighted by molar-refractivity contribution is 7.21. The molecule has 0 amide bonds. The monoisotopic (exact) mass is 484 g/mol. The van der Waals surface area contributed by atoms with E-state index in [2.05, 4.69) is 30.6 Å². The van der Waals surface area contributed by atoms with Crippen molar-refractivity contribution in [3.05, 3.63) is 23.7 Å². The van der Waals surface area contributed by atoms with E-state index in [-0.39, 0.29) is 24.8 Å². The van der Waals surface area contributed by atoms with Crippen LogP contribution < -0.4 is 10.6 Å². The van der Waals surface area contributed by atoms with E-state index in [1.807, 2.05) is 13.0 Å². The summed E-state index contributed by atoms with van der Waals surface area (Å²) >= 11 is 1.36. The van der Waals surface area contributed by atoms with Gasteiger partial charge in [-0.05, 0) is 26.3 Å². The maximum absolute atomic E-state index is 12.7. The Balaban J connectivity index is 1.76. The lowest BCUT2D eigenvalue weighted by molar-refractivity contribution is -0.115. The minimum absolute atomic E-state index is 0.173. The van der Waals surface area contributed by atoms with Gasteiger partial charge in [-0.2, -0.15) is 18.2 Å². The third-order valence-electron chi connectivity index (χ3n) is 5.60. The van der Waals surface area contributed by atoms with E-state index in [4.69, 9.17) is 0 Å². The van der Waals surface area contributed by atoms with E-state index < -0.39 is 36.9 Å². The molecule has 5 N–H and O–H groups in total. The maximum atomic E-state index is 12.7. The van der Waals surface area contributed by atoms with Crippen LogP contribution in [0.4, 0.5) is 24.9 Å². The second kappa shape index (κ2) is 8.97. The number of aryl methyl sites for hydroxylation is 2. The second-order valence-electron chi connectivity index (χ2n) is 8.00. The number of aliphatic hydroxyl groups excluding tert-OH is 3. The predicted octanol–water partition coefficient (Wildman–Crippen LogP) is 2.25. The van der Waals surface area contributed by atoms with E-state index in [0.717, 1.165) is 10.4 Å². The van der Waals surface area contributed by atoms with E-state index >= 15 is 0 Å². The van der Waals surface area contributed by atoms with E-state index in [1.165, 1.54) is 11.3 Å². The van der Waals surface area contributed by atoms with Crippen molar-refractivity contribution in [3.63, 3.8) is 0 Å². The number of nitrogens with one attached hydrogen (secondary N) is 2. The minimum Gasteiger partial charge on any atom is -0.396 e. The smallest absolute Gasteiger partial charge is 0.396 e. The number of hydrogen-bond acceptors (Lipinski definition) is 10. The first-order valence-corrected chi connectivity index (χ1v) is 11.0. The molecule has 0 unspecified atom stereocenters.